The highest BCUT2D eigenvalue weighted by Crippen LogP contribution is 2.45. The first kappa shape index (κ1) is 45.3. The maximum absolute atomic E-state index is 12.2. The van der Waals surface area contributed by atoms with Gasteiger partial charge in [0.05, 0.1) is 75.1 Å². The van der Waals surface area contributed by atoms with Gasteiger partial charge in [-0.3, -0.25) is 9.59 Å². The van der Waals surface area contributed by atoms with E-state index in [2.05, 4.69) is 41.4 Å². The Kier molecular flexibility index (Phi) is 22.6. The van der Waals surface area contributed by atoms with Gasteiger partial charge in [-0.05, 0) is 44.1 Å². The van der Waals surface area contributed by atoms with Crippen LogP contribution in [0.3, 0.4) is 0 Å². The molecule has 15 nitrogen and oxygen atoms in total. The molecule has 0 aliphatic carbocycles. The number of anilines is 1. The third kappa shape index (κ3) is 17.0. The summed E-state index contributed by atoms with van der Waals surface area (Å²) in [6, 6.07) is 3.92. The molecule has 1 atom stereocenters. The van der Waals surface area contributed by atoms with Crippen LogP contribution < -0.4 is 10.2 Å². The van der Waals surface area contributed by atoms with Gasteiger partial charge < -0.3 is 39.1 Å². The molecule has 0 bridgehead atoms. The standard InChI is InChI=1S/C37H50N8O7S3/c1-5-7-8-9-10-11-14-28(36(47)48)27-30(46)40-16-13-18-49-20-22-51-24-25-52-23-21-50-19-17-45(6-2)37-41-31(29-15-12-26-53-29)34(54-37)42-43-35-32(38-3)33(39-4)44-55-35/h10-12,15,26,28H,5-9,13-14,16-25,27H2,1-2H3,(H,40,46)(H,47,48)/b11-10+,43-42+. The number of ether oxygens (including phenoxy) is 4. The molecule has 0 saturated heterocycles. The first-order valence-corrected chi connectivity index (χ1v) is 20.8. The molecule has 3 heterocycles. The molecule has 3 aromatic rings. The molecule has 0 radical (unpaired) electrons. The maximum atomic E-state index is 12.2. The Morgan fingerprint density at radius 3 is 2.31 bits per heavy atom. The largest absolute Gasteiger partial charge is 0.481 e. The third-order valence-electron chi connectivity index (χ3n) is 7.84. The minimum Gasteiger partial charge on any atom is -0.481 e. The third-order valence-corrected chi connectivity index (χ3v) is 10.4. The summed E-state index contributed by atoms with van der Waals surface area (Å²) in [5, 5.41) is 24.5. The highest BCUT2D eigenvalue weighted by atomic mass is 32.1. The number of aromatic nitrogens is 2. The van der Waals surface area contributed by atoms with Crippen molar-refractivity contribution in [2.45, 2.75) is 58.8 Å². The van der Waals surface area contributed by atoms with E-state index < -0.39 is 11.9 Å². The molecule has 0 spiro atoms. The Morgan fingerprint density at radius 1 is 0.964 bits per heavy atom. The fourth-order valence-corrected chi connectivity index (χ4v) is 7.23. The number of rotatable bonds is 30. The fourth-order valence-electron chi connectivity index (χ4n) is 4.86. The van der Waals surface area contributed by atoms with Crippen LogP contribution in [-0.4, -0.2) is 98.8 Å². The summed E-state index contributed by atoms with van der Waals surface area (Å²) >= 11 is 3.93. The predicted molar refractivity (Wildman–Crippen MR) is 217 cm³/mol. The highest BCUT2D eigenvalue weighted by molar-refractivity contribution is 7.20. The molecule has 1 amide bonds. The van der Waals surface area contributed by atoms with Crippen LogP contribution in [0.15, 0.2) is 39.9 Å². The Hall–Kier alpha value is -4.14. The van der Waals surface area contributed by atoms with Crippen molar-refractivity contribution in [3.63, 3.8) is 0 Å². The molecule has 0 aliphatic heterocycles. The van der Waals surface area contributed by atoms with Crippen LogP contribution in [0.2, 0.25) is 0 Å². The Balaban J connectivity index is 1.22. The minimum absolute atomic E-state index is 0.0340. The van der Waals surface area contributed by atoms with Gasteiger partial charge in [-0.1, -0.05) is 60.3 Å². The van der Waals surface area contributed by atoms with E-state index in [9.17, 15) is 14.7 Å². The summed E-state index contributed by atoms with van der Waals surface area (Å²) in [5.41, 5.74) is 0.817. The first-order chi connectivity index (χ1) is 26.9. The number of thiophene rings is 1. The average Bonchev–Trinajstić information content (AvgIpc) is 3.96. The van der Waals surface area contributed by atoms with Crippen molar-refractivity contribution >= 4 is 72.7 Å². The molecule has 0 aliphatic rings. The van der Waals surface area contributed by atoms with Gasteiger partial charge in [0.2, 0.25) is 5.91 Å². The van der Waals surface area contributed by atoms with Crippen molar-refractivity contribution in [3.8, 4) is 10.6 Å². The number of allylic oxidation sites excluding steroid dienone is 2. The lowest BCUT2D eigenvalue weighted by molar-refractivity contribution is -0.143. The van der Waals surface area contributed by atoms with Gasteiger partial charge in [0, 0.05) is 32.7 Å². The summed E-state index contributed by atoms with van der Waals surface area (Å²) in [7, 11) is 0. The molecular formula is C37H50N8O7S3. The number of hydrogen-bond acceptors (Lipinski definition) is 14. The number of carbonyl (C=O) groups excluding carboxylic acids is 1. The van der Waals surface area contributed by atoms with E-state index in [4.69, 9.17) is 37.1 Å². The number of amides is 1. The van der Waals surface area contributed by atoms with E-state index in [1.165, 1.54) is 11.3 Å². The Morgan fingerprint density at radius 2 is 1.67 bits per heavy atom. The van der Waals surface area contributed by atoms with Crippen molar-refractivity contribution in [2.75, 3.05) is 77.4 Å². The number of thiazole rings is 1. The number of carboxylic acids is 1. The van der Waals surface area contributed by atoms with Crippen molar-refractivity contribution < 1.29 is 33.6 Å². The average molecular weight is 815 g/mol. The van der Waals surface area contributed by atoms with Gasteiger partial charge in [-0.25, -0.2) is 9.83 Å². The van der Waals surface area contributed by atoms with Crippen molar-refractivity contribution in [1.29, 1.82) is 0 Å². The lowest BCUT2D eigenvalue weighted by atomic mass is 10.0. The number of likely N-dealkylation sites (N-methyl/N-ethyl adjacent to an activating group) is 1. The monoisotopic (exact) mass is 814 g/mol. The molecule has 0 aromatic carbocycles. The van der Waals surface area contributed by atoms with E-state index in [0.29, 0.717) is 101 Å². The first-order valence-electron chi connectivity index (χ1n) is 18.3. The quantitative estimate of drug-likeness (QED) is 0.0287. The number of carboxylic acid groups (broad SMARTS) is 1. The number of hydrogen-bond donors (Lipinski definition) is 2. The van der Waals surface area contributed by atoms with Gasteiger partial charge >= 0.3 is 5.97 Å². The number of nitrogens with zero attached hydrogens (tertiary/aromatic N) is 7. The SMILES string of the molecule is [C-]#[N+]c1nsc(/N=N/c2sc(N(CC)CCOCCOCCOCCOCCCNC(=O)CC(C/C=C/CCCCC)C(=O)O)nc2-c2cccs2)c1[N+]#[C-]. The normalized spacial score (nSPS) is 11.9. The van der Waals surface area contributed by atoms with Gasteiger partial charge in [-0.15, -0.1) is 21.6 Å². The zero-order valence-electron chi connectivity index (χ0n) is 31.4. The second kappa shape index (κ2) is 27.4. The Bertz CT molecular complexity index is 1700. The minimum atomic E-state index is -0.954. The Labute approximate surface area is 335 Å². The number of azo groups is 1. The lowest BCUT2D eigenvalue weighted by Gasteiger charge is -2.19. The van der Waals surface area contributed by atoms with Gasteiger partial charge in [0.1, 0.15) is 5.69 Å². The lowest BCUT2D eigenvalue weighted by Crippen LogP contribution is -2.29. The van der Waals surface area contributed by atoms with E-state index in [1.807, 2.05) is 36.6 Å². The number of unbranched alkanes of at least 4 members (excludes halogenated alkanes) is 3. The van der Waals surface area contributed by atoms with Crippen LogP contribution in [0.1, 0.15) is 58.8 Å². The van der Waals surface area contributed by atoms with Gasteiger partial charge in [-0.2, -0.15) is 0 Å². The van der Waals surface area contributed by atoms with Crippen molar-refractivity contribution in [1.82, 2.24) is 14.7 Å². The molecule has 55 heavy (non-hydrogen) atoms. The number of carbonyl (C=O) groups is 2. The summed E-state index contributed by atoms with van der Waals surface area (Å²) in [6.07, 6.45) is 9.16. The van der Waals surface area contributed by atoms with Crippen molar-refractivity contribution in [2.24, 2.45) is 16.1 Å². The second-order valence-corrected chi connectivity index (χ2v) is 14.5. The highest BCUT2D eigenvalue weighted by Gasteiger charge is 2.21. The maximum Gasteiger partial charge on any atom is 0.307 e. The molecule has 0 fully saturated rings. The molecule has 3 aromatic heterocycles. The molecule has 0 saturated carbocycles. The molecule has 298 valence electrons. The van der Waals surface area contributed by atoms with E-state index >= 15 is 0 Å². The van der Waals surface area contributed by atoms with Crippen LogP contribution in [0.5, 0.6) is 0 Å². The molecule has 2 N–H and O–H groups in total. The van der Waals surface area contributed by atoms with Crippen LogP contribution in [0, 0.1) is 19.1 Å². The van der Waals surface area contributed by atoms with Crippen LogP contribution >= 0.6 is 34.2 Å². The van der Waals surface area contributed by atoms with Crippen LogP contribution in [0.25, 0.3) is 20.3 Å². The van der Waals surface area contributed by atoms with E-state index in [-0.39, 0.29) is 23.8 Å². The van der Waals surface area contributed by atoms with Crippen LogP contribution in [-0.2, 0) is 28.5 Å². The van der Waals surface area contributed by atoms with Gasteiger partial charge in [0.25, 0.3) is 11.5 Å². The smallest absolute Gasteiger partial charge is 0.307 e. The number of aliphatic carboxylic acids is 1. The topological polar surface area (TPSA) is 166 Å². The molecular weight excluding hydrogens is 765 g/mol. The molecule has 3 rings (SSSR count). The fraction of sp³-hybridized carbons (Fsp3) is 0.568. The van der Waals surface area contributed by atoms with Gasteiger partial charge in [0.15, 0.2) is 15.1 Å². The van der Waals surface area contributed by atoms with Crippen LogP contribution in [0.4, 0.5) is 26.6 Å². The van der Waals surface area contributed by atoms with E-state index in [1.54, 1.807) is 11.3 Å². The molecule has 1 unspecified atom stereocenters. The number of nitrogens with one attached hydrogen (secondary N) is 1. The summed E-state index contributed by atoms with van der Waals surface area (Å²) in [5.74, 6) is -1.90. The van der Waals surface area contributed by atoms with Crippen molar-refractivity contribution in [3.05, 3.63) is 52.5 Å². The molecule has 18 heteroatoms. The summed E-state index contributed by atoms with van der Waals surface area (Å²) in [4.78, 5) is 38.3. The summed E-state index contributed by atoms with van der Waals surface area (Å²) in [6.45, 7) is 24.1. The van der Waals surface area contributed by atoms with E-state index in [0.717, 1.165) is 47.2 Å². The zero-order chi connectivity index (χ0) is 39.5. The predicted octanol–water partition coefficient (Wildman–Crippen LogP) is 8.86. The zero-order valence-corrected chi connectivity index (χ0v) is 33.9. The summed E-state index contributed by atoms with van der Waals surface area (Å²) < 4.78 is 26.5. The second-order valence-electron chi connectivity index (χ2n) is 11.9.